The number of H-pyrrole nitrogens is 1. The van der Waals surface area contributed by atoms with Crippen LogP contribution in [0.4, 0.5) is 15.8 Å². The highest BCUT2D eigenvalue weighted by atomic mass is 19.1. The van der Waals surface area contributed by atoms with Crippen molar-refractivity contribution in [3.05, 3.63) is 119 Å². The van der Waals surface area contributed by atoms with Crippen molar-refractivity contribution < 1.29 is 18.5 Å². The van der Waals surface area contributed by atoms with Crippen LogP contribution in [0.15, 0.2) is 67.6 Å². The molecule has 0 aliphatic heterocycles. The summed E-state index contributed by atoms with van der Waals surface area (Å²) in [5, 5.41) is 19.8. The van der Waals surface area contributed by atoms with E-state index in [4.69, 9.17) is 5.73 Å². The van der Waals surface area contributed by atoms with Gasteiger partial charge in [-0.1, -0.05) is 28.6 Å². The van der Waals surface area contributed by atoms with E-state index in [0.717, 1.165) is 11.1 Å². The Morgan fingerprint density at radius 2 is 1.91 bits per heavy atom. The van der Waals surface area contributed by atoms with Crippen molar-refractivity contribution in [2.45, 2.75) is 32.0 Å². The molecule has 6 aromatic rings. The second-order valence-corrected chi connectivity index (χ2v) is 10.9. The number of amides is 2. The van der Waals surface area contributed by atoms with E-state index < -0.39 is 34.2 Å². The Morgan fingerprint density at radius 1 is 1.06 bits per heavy atom. The van der Waals surface area contributed by atoms with E-state index in [0.29, 0.717) is 29.8 Å². The summed E-state index contributed by atoms with van der Waals surface area (Å²) in [6, 6.07) is 10.7. The molecule has 3 aromatic carbocycles. The molecule has 0 bridgehead atoms. The number of aryl methyl sites for hydroxylation is 1. The summed E-state index contributed by atoms with van der Waals surface area (Å²) in [5.41, 5.74) is 7.14. The van der Waals surface area contributed by atoms with Crippen LogP contribution in [-0.2, 0) is 19.5 Å². The van der Waals surface area contributed by atoms with Crippen molar-refractivity contribution in [2.24, 2.45) is 0 Å². The first-order valence-corrected chi connectivity index (χ1v) is 14.3. The van der Waals surface area contributed by atoms with Gasteiger partial charge >= 0.3 is 5.76 Å². The van der Waals surface area contributed by atoms with Crippen LogP contribution in [-0.4, -0.2) is 41.8 Å². The molecule has 1 aliphatic carbocycles. The van der Waals surface area contributed by atoms with Crippen LogP contribution in [0.1, 0.15) is 55.7 Å². The van der Waals surface area contributed by atoms with Crippen LogP contribution < -0.4 is 38.3 Å². The van der Waals surface area contributed by atoms with Gasteiger partial charge in [0, 0.05) is 30.3 Å². The van der Waals surface area contributed by atoms with Gasteiger partial charge in [0.15, 0.2) is 11.5 Å². The van der Waals surface area contributed by atoms with Crippen LogP contribution in [0, 0.1) is 5.82 Å². The number of nitrogen functional groups attached to an aromatic ring is 1. The van der Waals surface area contributed by atoms with Gasteiger partial charge in [-0.05, 0) is 47.7 Å². The molecule has 3 aromatic heterocycles. The van der Waals surface area contributed by atoms with Crippen LogP contribution in [0.5, 0.6) is 0 Å². The summed E-state index contributed by atoms with van der Waals surface area (Å²) in [6.45, 7) is -0.127. The normalized spacial score (nSPS) is 13.9. The Labute approximate surface area is 261 Å². The SMILES string of the molecule is Nc1c(NCc2cc(CNC(=O)c3cc(C(=O)N[C@H]4CCc5cc(-c6noc(=O)[nH]6)ccc54)nc4cnnn34)ccc2F)c(=O)c1=O. The number of halogens is 1. The molecular formula is C30H23FN10O6. The lowest BCUT2D eigenvalue weighted by atomic mass is 10.0. The van der Waals surface area contributed by atoms with Gasteiger partial charge in [-0.15, -0.1) is 5.10 Å². The lowest BCUT2D eigenvalue weighted by molar-refractivity contribution is 0.0931. The van der Waals surface area contributed by atoms with Gasteiger partial charge in [0.2, 0.25) is 0 Å². The zero-order chi connectivity index (χ0) is 32.8. The number of hydrogen-bond donors (Lipinski definition) is 5. The molecule has 6 N–H and O–H groups in total. The number of carbonyl (C=O) groups is 2. The largest absolute Gasteiger partial charge is 0.439 e. The lowest BCUT2D eigenvalue weighted by Gasteiger charge is -2.15. The van der Waals surface area contributed by atoms with E-state index in [-0.39, 0.29) is 53.1 Å². The molecule has 0 spiro atoms. The minimum absolute atomic E-state index is 0.00436. The Bertz CT molecular complexity index is 2350. The smallest absolute Gasteiger partial charge is 0.394 e. The molecule has 2 amide bonds. The number of rotatable bonds is 9. The summed E-state index contributed by atoms with van der Waals surface area (Å²) in [7, 11) is 0. The molecule has 0 fully saturated rings. The molecule has 1 atom stereocenters. The van der Waals surface area contributed by atoms with Crippen LogP contribution in [0.25, 0.3) is 17.0 Å². The average Bonchev–Trinajstić information content (AvgIpc) is 3.84. The van der Waals surface area contributed by atoms with Gasteiger partial charge in [-0.3, -0.25) is 28.7 Å². The first kappa shape index (κ1) is 29.2. The van der Waals surface area contributed by atoms with Crippen molar-refractivity contribution in [3.63, 3.8) is 0 Å². The second-order valence-electron chi connectivity index (χ2n) is 10.9. The van der Waals surface area contributed by atoms with E-state index in [1.807, 2.05) is 12.1 Å². The van der Waals surface area contributed by atoms with E-state index in [1.54, 1.807) is 6.07 Å². The molecule has 7 rings (SSSR count). The first-order valence-electron chi connectivity index (χ1n) is 14.3. The fourth-order valence-corrected chi connectivity index (χ4v) is 5.52. The van der Waals surface area contributed by atoms with E-state index in [9.17, 15) is 28.4 Å². The Hall–Kier alpha value is -6.52. The number of nitrogens with two attached hydrogens (primary N) is 1. The molecule has 236 valence electrons. The van der Waals surface area contributed by atoms with Crippen LogP contribution in [0.2, 0.25) is 0 Å². The summed E-state index contributed by atoms with van der Waals surface area (Å²) < 4.78 is 20.2. The molecule has 0 saturated carbocycles. The molecule has 0 radical (unpaired) electrons. The predicted octanol–water partition coefficient (Wildman–Crippen LogP) is 0.744. The fraction of sp³-hybridized carbons (Fsp3) is 0.167. The highest BCUT2D eigenvalue weighted by molar-refractivity contribution is 5.98. The van der Waals surface area contributed by atoms with Crippen LogP contribution >= 0.6 is 0 Å². The second kappa shape index (κ2) is 11.4. The third kappa shape index (κ3) is 5.39. The molecule has 0 saturated heterocycles. The number of benzene rings is 2. The van der Waals surface area contributed by atoms with Crippen molar-refractivity contribution in [2.75, 3.05) is 11.1 Å². The van der Waals surface area contributed by atoms with E-state index in [1.165, 1.54) is 35.0 Å². The minimum Gasteiger partial charge on any atom is -0.394 e. The van der Waals surface area contributed by atoms with Crippen molar-refractivity contribution in [1.29, 1.82) is 0 Å². The fourth-order valence-electron chi connectivity index (χ4n) is 5.52. The van der Waals surface area contributed by atoms with Crippen molar-refractivity contribution in [3.8, 4) is 11.4 Å². The monoisotopic (exact) mass is 638 g/mol. The van der Waals surface area contributed by atoms with Crippen molar-refractivity contribution >= 4 is 28.8 Å². The van der Waals surface area contributed by atoms with E-state index >= 15 is 0 Å². The molecule has 17 heteroatoms. The minimum atomic E-state index is -0.787. The Kier molecular flexibility index (Phi) is 7.11. The maximum absolute atomic E-state index is 14.4. The van der Waals surface area contributed by atoms with Gasteiger partial charge in [-0.25, -0.2) is 14.2 Å². The number of aromatic amines is 1. The Balaban J connectivity index is 1.05. The van der Waals surface area contributed by atoms with Gasteiger partial charge in [-0.2, -0.15) is 4.52 Å². The van der Waals surface area contributed by atoms with Crippen molar-refractivity contribution in [1.82, 2.24) is 40.6 Å². The highest BCUT2D eigenvalue weighted by Crippen LogP contribution is 2.33. The molecule has 16 nitrogen and oxygen atoms in total. The third-order valence-electron chi connectivity index (χ3n) is 7.94. The average molecular weight is 639 g/mol. The zero-order valence-electron chi connectivity index (χ0n) is 24.2. The van der Waals surface area contributed by atoms with Gasteiger partial charge in [0.05, 0.1) is 12.2 Å². The number of nitrogens with one attached hydrogen (secondary N) is 4. The molecular weight excluding hydrogens is 615 g/mol. The maximum Gasteiger partial charge on any atom is 0.439 e. The van der Waals surface area contributed by atoms with E-state index in [2.05, 4.69) is 45.9 Å². The number of carbonyl (C=O) groups excluding carboxylic acids is 2. The molecule has 3 heterocycles. The first-order chi connectivity index (χ1) is 22.7. The summed E-state index contributed by atoms with van der Waals surface area (Å²) in [5.74, 6) is -2.01. The summed E-state index contributed by atoms with van der Waals surface area (Å²) in [4.78, 5) is 67.8. The van der Waals surface area contributed by atoms with Gasteiger partial charge in [0.25, 0.3) is 22.7 Å². The number of hydrogen-bond acceptors (Lipinski definition) is 12. The number of nitrogens with zero attached hydrogens (tertiary/aromatic N) is 5. The quantitative estimate of drug-likeness (QED) is 0.138. The number of fused-ring (bicyclic) bond motifs is 2. The van der Waals surface area contributed by atoms with Gasteiger partial charge < -0.3 is 21.7 Å². The van der Waals surface area contributed by atoms with Gasteiger partial charge in [0.1, 0.15) is 28.6 Å². The zero-order valence-corrected chi connectivity index (χ0v) is 24.2. The lowest BCUT2D eigenvalue weighted by Crippen LogP contribution is -2.37. The molecule has 0 unspecified atom stereocenters. The summed E-state index contributed by atoms with van der Waals surface area (Å²) >= 11 is 0. The Morgan fingerprint density at radius 3 is 2.70 bits per heavy atom. The maximum atomic E-state index is 14.4. The third-order valence-corrected chi connectivity index (χ3v) is 7.94. The predicted molar refractivity (Wildman–Crippen MR) is 163 cm³/mol. The summed E-state index contributed by atoms with van der Waals surface area (Å²) in [6.07, 6.45) is 2.61. The highest BCUT2D eigenvalue weighted by Gasteiger charge is 2.27. The van der Waals surface area contributed by atoms with Crippen LogP contribution in [0.3, 0.4) is 0 Å². The molecule has 47 heavy (non-hydrogen) atoms. The molecule has 1 aliphatic rings. The number of anilines is 2. The topological polar surface area (TPSA) is 232 Å². The standard InChI is InChI=1S/C30H23FN10O6/c31-18-5-1-13(7-16(18)11-33-24-23(32)25(42)26(24)43)10-34-29(45)21-9-20(36-22-12-35-40-41(21)22)28(44)37-19-6-3-14-8-15(2-4-17(14)19)27-38-30(46)47-39-27/h1-2,4-5,7-9,12,19,33H,3,6,10-11,32H2,(H,34,45)(H,37,44)(H,38,39,46)/t19-/m0/s1. The number of aromatic nitrogens is 6.